The first-order valence-corrected chi connectivity index (χ1v) is 30.0. The van der Waals surface area contributed by atoms with Gasteiger partial charge in [0.15, 0.2) is 0 Å². The number of phosphoric acid groups is 1. The number of likely N-dealkylation sites (N-methyl/N-ethyl adjacent to an activating group) is 1. The van der Waals surface area contributed by atoms with E-state index < -0.39 is 32.5 Å². The second-order valence-electron chi connectivity index (χ2n) is 20.1. The molecule has 0 spiro atoms. The molecule has 0 aliphatic rings. The van der Waals surface area contributed by atoms with Crippen LogP contribution in [0.3, 0.4) is 0 Å². The molecule has 0 aromatic carbocycles. The monoisotopic (exact) mass is 1010 g/mol. The maximum atomic E-state index is 13.5. The van der Waals surface area contributed by atoms with Crippen molar-refractivity contribution >= 4 is 19.7 Å². The van der Waals surface area contributed by atoms with E-state index in [0.717, 1.165) is 83.5 Å². The molecule has 71 heavy (non-hydrogen) atoms. The molecule has 0 radical (unpaired) electrons. The van der Waals surface area contributed by atoms with Crippen LogP contribution in [0.4, 0.5) is 0 Å². The van der Waals surface area contributed by atoms with Crippen LogP contribution in [0.2, 0.25) is 0 Å². The number of nitrogens with zero attached hydrogens (tertiary/aromatic N) is 1. The summed E-state index contributed by atoms with van der Waals surface area (Å²) in [5.74, 6) is -0.639. The summed E-state index contributed by atoms with van der Waals surface area (Å²) in [6.45, 7) is 6.70. The van der Waals surface area contributed by atoms with Gasteiger partial charge in [0.05, 0.1) is 33.8 Å². The van der Waals surface area contributed by atoms with Gasteiger partial charge in [-0.25, -0.2) is 0 Å². The molecule has 1 N–H and O–H groups in total. The lowest BCUT2D eigenvalue weighted by Gasteiger charge is -2.30. The van der Waals surface area contributed by atoms with Crippen molar-refractivity contribution in [2.24, 2.45) is 0 Å². The van der Waals surface area contributed by atoms with Crippen molar-refractivity contribution in [2.75, 3.05) is 40.9 Å². The normalized spacial score (nSPS) is 14.5. The zero-order chi connectivity index (χ0) is 52.2. The summed E-state index contributed by atoms with van der Waals surface area (Å²) in [6.07, 6.45) is 66.6. The fourth-order valence-electron chi connectivity index (χ4n) is 7.52. The lowest BCUT2D eigenvalue weighted by atomic mass is 10.1. The molecule has 0 fully saturated rings. The molecule has 0 rings (SSSR count). The number of allylic oxidation sites excluding steroid dienone is 15. The number of rotatable bonds is 50. The molecule has 0 saturated heterocycles. The smallest absolute Gasteiger partial charge is 0.306 e. The maximum Gasteiger partial charge on any atom is 0.306 e. The molecule has 0 aliphatic carbocycles. The quantitative estimate of drug-likeness (QED) is 0.0212. The predicted octanol–water partition coefficient (Wildman–Crippen LogP) is 16.6. The van der Waals surface area contributed by atoms with Crippen molar-refractivity contribution in [3.05, 3.63) is 97.2 Å². The van der Waals surface area contributed by atoms with Crippen LogP contribution in [0.25, 0.3) is 0 Å². The van der Waals surface area contributed by atoms with Gasteiger partial charge in [-0.15, -0.1) is 0 Å². The van der Waals surface area contributed by atoms with Crippen LogP contribution in [-0.2, 0) is 27.9 Å². The zero-order valence-electron chi connectivity index (χ0n) is 46.4. The van der Waals surface area contributed by atoms with Crippen LogP contribution in [0.1, 0.15) is 226 Å². The summed E-state index contributed by atoms with van der Waals surface area (Å²) < 4.78 is 30.1. The van der Waals surface area contributed by atoms with E-state index in [4.69, 9.17) is 13.8 Å². The molecular weight excluding hydrogens is 904 g/mol. The highest BCUT2D eigenvalue weighted by atomic mass is 31.2. The van der Waals surface area contributed by atoms with Gasteiger partial charge >= 0.3 is 5.97 Å². The van der Waals surface area contributed by atoms with Gasteiger partial charge in [0.2, 0.25) is 5.91 Å². The number of ether oxygens (including phenoxy) is 1. The van der Waals surface area contributed by atoms with Crippen molar-refractivity contribution in [1.29, 1.82) is 0 Å². The molecule has 408 valence electrons. The molecule has 0 saturated carbocycles. The van der Waals surface area contributed by atoms with E-state index in [9.17, 15) is 19.0 Å². The summed E-state index contributed by atoms with van der Waals surface area (Å²) in [6, 6.07) is -0.926. The van der Waals surface area contributed by atoms with Gasteiger partial charge in [-0.2, -0.15) is 0 Å². The van der Waals surface area contributed by atoms with Crippen molar-refractivity contribution in [1.82, 2.24) is 5.32 Å². The SMILES string of the molecule is CCCCC/C=C\C/C=C\C/C=C\C/C=C\CCCC(=O)OC(/C=C/CCCCCCCCCCC)C(COP(=O)([O-])OCC[N+](C)(C)C)NC(=O)CCCCCC/C=C\C/C=C\C/C=C\CCCCC. The Morgan fingerprint density at radius 2 is 0.873 bits per heavy atom. The van der Waals surface area contributed by atoms with Crippen molar-refractivity contribution in [2.45, 2.75) is 238 Å². The number of hydrogen-bond donors (Lipinski definition) is 1. The van der Waals surface area contributed by atoms with Crippen molar-refractivity contribution in [3.8, 4) is 0 Å². The number of carbonyl (C=O) groups excluding carboxylic acids is 2. The Hall–Kier alpha value is -3.07. The van der Waals surface area contributed by atoms with Crippen LogP contribution in [-0.4, -0.2) is 69.4 Å². The number of phosphoric ester groups is 1. The lowest BCUT2D eigenvalue weighted by Crippen LogP contribution is -2.47. The Morgan fingerprint density at radius 1 is 0.493 bits per heavy atom. The first-order chi connectivity index (χ1) is 34.4. The third kappa shape index (κ3) is 51.6. The van der Waals surface area contributed by atoms with E-state index in [1.165, 1.54) is 96.3 Å². The molecule has 1 amide bonds. The minimum absolute atomic E-state index is 0.0399. The van der Waals surface area contributed by atoms with Crippen molar-refractivity contribution < 1.29 is 37.3 Å². The van der Waals surface area contributed by atoms with Crippen LogP contribution >= 0.6 is 7.82 Å². The highest BCUT2D eigenvalue weighted by Crippen LogP contribution is 2.38. The largest absolute Gasteiger partial charge is 0.756 e. The fraction of sp³-hybridized carbons (Fsp3) is 0.705. The zero-order valence-corrected chi connectivity index (χ0v) is 47.3. The van der Waals surface area contributed by atoms with Gasteiger partial charge < -0.3 is 28.5 Å². The fourth-order valence-corrected chi connectivity index (χ4v) is 8.24. The van der Waals surface area contributed by atoms with Gasteiger partial charge in [-0.3, -0.25) is 14.2 Å². The first-order valence-electron chi connectivity index (χ1n) is 28.5. The molecule has 0 heterocycles. The van der Waals surface area contributed by atoms with Crippen molar-refractivity contribution in [3.63, 3.8) is 0 Å². The third-order valence-corrected chi connectivity index (χ3v) is 13.0. The summed E-state index contributed by atoms with van der Waals surface area (Å²) in [5.41, 5.74) is 0. The Balaban J connectivity index is 5.47. The van der Waals surface area contributed by atoms with Crippen LogP contribution in [0.15, 0.2) is 97.2 Å². The molecule has 10 heteroatoms. The molecule has 0 aromatic rings. The minimum atomic E-state index is -4.72. The number of nitrogens with one attached hydrogen (secondary N) is 1. The first kappa shape index (κ1) is 67.9. The Labute approximate surface area is 437 Å². The topological polar surface area (TPSA) is 114 Å². The highest BCUT2D eigenvalue weighted by molar-refractivity contribution is 7.45. The number of hydrogen-bond acceptors (Lipinski definition) is 7. The van der Waals surface area contributed by atoms with Crippen LogP contribution in [0.5, 0.6) is 0 Å². The van der Waals surface area contributed by atoms with Gasteiger partial charge in [-0.1, -0.05) is 202 Å². The predicted molar refractivity (Wildman–Crippen MR) is 302 cm³/mol. The summed E-state index contributed by atoms with van der Waals surface area (Å²) in [4.78, 5) is 39.8. The summed E-state index contributed by atoms with van der Waals surface area (Å²) >= 11 is 0. The lowest BCUT2D eigenvalue weighted by molar-refractivity contribution is -0.870. The molecule has 3 unspecified atom stereocenters. The second kappa shape index (κ2) is 50.5. The minimum Gasteiger partial charge on any atom is -0.756 e. The van der Waals surface area contributed by atoms with Gasteiger partial charge in [0, 0.05) is 12.8 Å². The van der Waals surface area contributed by atoms with Crippen LogP contribution < -0.4 is 10.2 Å². The molecular formula is C61H107N2O7P. The number of carbonyl (C=O) groups is 2. The molecule has 0 bridgehead atoms. The van der Waals surface area contributed by atoms with Gasteiger partial charge in [0.1, 0.15) is 19.3 Å². The Kier molecular flexibility index (Phi) is 48.3. The molecule has 3 atom stereocenters. The van der Waals surface area contributed by atoms with E-state index in [2.05, 4.69) is 111 Å². The van der Waals surface area contributed by atoms with E-state index in [1.54, 1.807) is 6.08 Å². The maximum absolute atomic E-state index is 13.5. The van der Waals surface area contributed by atoms with E-state index in [1.807, 2.05) is 27.2 Å². The van der Waals surface area contributed by atoms with Gasteiger partial charge in [0.25, 0.3) is 7.82 Å². The van der Waals surface area contributed by atoms with E-state index in [0.29, 0.717) is 23.9 Å². The summed E-state index contributed by atoms with van der Waals surface area (Å²) in [7, 11) is 1.13. The van der Waals surface area contributed by atoms with Crippen LogP contribution in [0, 0.1) is 0 Å². The Bertz CT molecular complexity index is 1540. The second-order valence-corrected chi connectivity index (χ2v) is 21.5. The number of unbranched alkanes of at least 4 members (excludes halogenated alkanes) is 20. The molecule has 0 aliphatic heterocycles. The number of amides is 1. The Morgan fingerprint density at radius 3 is 1.34 bits per heavy atom. The average Bonchev–Trinajstić information content (AvgIpc) is 3.33. The standard InChI is InChI=1S/C61H107N2O7P/c1-7-10-13-16-19-22-25-27-29-31-33-35-38-41-44-47-50-53-60(64)62-58(57-69-71(66,67)68-56-55-63(4,5)6)59(52-49-46-43-40-37-24-21-18-15-12-9-3)70-61(65)54-51-48-45-42-39-36-34-32-30-28-26-23-20-17-14-11-8-2/h19-20,22-23,27-30,33-36,42,45,49,52,58-59H,7-18,21,24-26,31-32,37-41,43-44,46-48,50-51,53-57H2,1-6H3,(H-,62,64,66,67)/b22-19-,23-20-,29-27-,30-28-,35-33-,36-34-,45-42-,52-49+. The highest BCUT2D eigenvalue weighted by Gasteiger charge is 2.27. The average molecular weight is 1010 g/mol. The van der Waals surface area contributed by atoms with E-state index in [-0.39, 0.29) is 25.4 Å². The third-order valence-electron chi connectivity index (χ3n) is 12.0. The number of esters is 1. The molecule has 9 nitrogen and oxygen atoms in total. The number of quaternary nitrogens is 1. The molecule has 0 aromatic heterocycles. The van der Waals surface area contributed by atoms with E-state index >= 15 is 0 Å². The summed E-state index contributed by atoms with van der Waals surface area (Å²) in [5, 5.41) is 2.99. The van der Waals surface area contributed by atoms with Gasteiger partial charge in [-0.05, 0) is 109 Å².